The zero-order valence-electron chi connectivity index (χ0n) is 22.5. The van der Waals surface area contributed by atoms with Crippen LogP contribution in [0.1, 0.15) is 51.6 Å². The van der Waals surface area contributed by atoms with E-state index in [1.807, 2.05) is 0 Å². The number of nitrogens with one attached hydrogen (secondary N) is 2. The molecule has 2 aromatic heterocycles. The highest BCUT2D eigenvalue weighted by atomic mass is 16.7. The first-order chi connectivity index (χ1) is 19.6. The summed E-state index contributed by atoms with van der Waals surface area (Å²) in [7, 11) is 0. The number of carbonyl (C=O) groups is 5. The Morgan fingerprint density at radius 2 is 1.88 bits per heavy atom. The topological polar surface area (TPSA) is 182 Å². The average molecular weight is 565 g/mol. The zero-order valence-corrected chi connectivity index (χ0v) is 22.5. The highest BCUT2D eigenvalue weighted by molar-refractivity contribution is 6.05. The standard InChI is InChI=1S/C27H28N6O8/c1-4-28-25(37)17-6-5-15(2)20(11-17)33(27(39)41-14-40-22(36)10-9-21(34)35)24-23-16(3)19(12-32(23)30-13-29-24)26(38)31-18-7-8-18/h5-6,9-13,18H,4,7-8,14H2,1-3H3,(H,28,37)(H,31,38)(H,34,35)/b10-9+. The van der Waals surface area contributed by atoms with Gasteiger partial charge in [-0.2, -0.15) is 5.10 Å². The Hall–Kier alpha value is -5.27. The molecular weight excluding hydrogens is 536 g/mol. The molecule has 41 heavy (non-hydrogen) atoms. The van der Waals surface area contributed by atoms with Gasteiger partial charge in [0.15, 0.2) is 5.82 Å². The van der Waals surface area contributed by atoms with Crippen LogP contribution < -0.4 is 15.5 Å². The van der Waals surface area contributed by atoms with Gasteiger partial charge in [0.25, 0.3) is 11.8 Å². The quantitative estimate of drug-likeness (QED) is 0.188. The molecule has 0 bridgehead atoms. The van der Waals surface area contributed by atoms with Crippen LogP contribution >= 0.6 is 0 Å². The van der Waals surface area contributed by atoms with Crippen LogP contribution in [0.4, 0.5) is 16.3 Å². The van der Waals surface area contributed by atoms with E-state index in [2.05, 4.69) is 20.7 Å². The maximum atomic E-state index is 13.6. The lowest BCUT2D eigenvalue weighted by Crippen LogP contribution is -2.31. The van der Waals surface area contributed by atoms with Crippen LogP contribution in [0.25, 0.3) is 5.52 Å². The maximum absolute atomic E-state index is 13.6. The number of ether oxygens (including phenoxy) is 2. The number of aliphatic carboxylic acids is 1. The van der Waals surface area contributed by atoms with Crippen LogP contribution in [0.2, 0.25) is 0 Å². The Balaban J connectivity index is 1.76. The van der Waals surface area contributed by atoms with Crippen LogP contribution in [0.15, 0.2) is 42.9 Å². The van der Waals surface area contributed by atoms with Crippen molar-refractivity contribution in [3.8, 4) is 0 Å². The van der Waals surface area contributed by atoms with Crippen molar-refractivity contribution in [3.05, 3.63) is 65.1 Å². The lowest BCUT2D eigenvalue weighted by molar-refractivity contribution is -0.146. The van der Waals surface area contributed by atoms with Crippen molar-refractivity contribution in [2.45, 2.75) is 39.7 Å². The highest BCUT2D eigenvalue weighted by Crippen LogP contribution is 2.34. The Kier molecular flexibility index (Phi) is 8.60. The molecule has 0 saturated heterocycles. The number of hydrogen-bond donors (Lipinski definition) is 3. The molecule has 1 saturated carbocycles. The van der Waals surface area contributed by atoms with Gasteiger partial charge < -0.3 is 25.2 Å². The number of rotatable bonds is 10. The first-order valence-electron chi connectivity index (χ1n) is 12.7. The Morgan fingerprint density at radius 1 is 1.12 bits per heavy atom. The number of aryl methyl sites for hydroxylation is 2. The summed E-state index contributed by atoms with van der Waals surface area (Å²) in [5.74, 6) is -3.01. The zero-order chi connectivity index (χ0) is 29.7. The normalized spacial score (nSPS) is 12.7. The fourth-order valence-electron chi connectivity index (χ4n) is 3.97. The van der Waals surface area contributed by atoms with Gasteiger partial charge >= 0.3 is 18.0 Å². The van der Waals surface area contributed by atoms with Crippen molar-refractivity contribution in [1.29, 1.82) is 0 Å². The van der Waals surface area contributed by atoms with Gasteiger partial charge in [0.05, 0.1) is 11.3 Å². The van der Waals surface area contributed by atoms with Gasteiger partial charge in [-0.3, -0.25) is 9.59 Å². The van der Waals surface area contributed by atoms with Crippen LogP contribution in [-0.2, 0) is 19.1 Å². The van der Waals surface area contributed by atoms with Gasteiger partial charge in [-0.05, 0) is 56.9 Å². The first kappa shape index (κ1) is 28.7. The monoisotopic (exact) mass is 564 g/mol. The number of esters is 1. The van der Waals surface area contributed by atoms with E-state index in [4.69, 9.17) is 14.6 Å². The molecule has 3 N–H and O–H groups in total. The van der Waals surface area contributed by atoms with Gasteiger partial charge in [-0.1, -0.05) is 6.07 Å². The SMILES string of the molecule is CCNC(=O)c1ccc(C)c(N(C(=O)OCOC(=O)/C=C/C(=O)O)c2ncnn3cc(C(=O)NC4CC4)c(C)c23)c1. The molecule has 0 radical (unpaired) electrons. The molecule has 0 spiro atoms. The minimum absolute atomic E-state index is 0.0428. The summed E-state index contributed by atoms with van der Waals surface area (Å²) in [5.41, 5.74) is 2.25. The molecular formula is C27H28N6O8. The Morgan fingerprint density at radius 3 is 2.56 bits per heavy atom. The van der Waals surface area contributed by atoms with E-state index >= 15 is 0 Å². The van der Waals surface area contributed by atoms with E-state index in [9.17, 15) is 24.0 Å². The van der Waals surface area contributed by atoms with E-state index in [1.165, 1.54) is 23.1 Å². The number of nitrogens with zero attached hydrogens (tertiary/aromatic N) is 4. The van der Waals surface area contributed by atoms with E-state index in [1.54, 1.807) is 32.9 Å². The summed E-state index contributed by atoms with van der Waals surface area (Å²) < 4.78 is 11.4. The van der Waals surface area contributed by atoms with E-state index in [0.29, 0.717) is 40.9 Å². The third-order valence-corrected chi connectivity index (χ3v) is 6.15. The van der Waals surface area contributed by atoms with Crippen molar-refractivity contribution in [1.82, 2.24) is 25.2 Å². The molecule has 214 valence electrons. The van der Waals surface area contributed by atoms with Gasteiger partial charge in [0, 0.05) is 36.5 Å². The molecule has 3 amide bonds. The molecule has 0 atom stereocenters. The summed E-state index contributed by atoms with van der Waals surface area (Å²) in [6.45, 7) is 4.72. The number of anilines is 2. The van der Waals surface area contributed by atoms with Crippen LogP contribution in [0.3, 0.4) is 0 Å². The fraction of sp³-hybridized carbons (Fsp3) is 0.296. The molecule has 14 heteroatoms. The van der Waals surface area contributed by atoms with E-state index in [0.717, 1.165) is 17.7 Å². The number of carbonyl (C=O) groups excluding carboxylic acids is 4. The van der Waals surface area contributed by atoms with Crippen molar-refractivity contribution in [3.63, 3.8) is 0 Å². The number of fused-ring (bicyclic) bond motifs is 1. The summed E-state index contributed by atoms with van der Waals surface area (Å²) in [5, 5.41) is 18.5. The second-order valence-electron chi connectivity index (χ2n) is 9.15. The number of amides is 3. The summed E-state index contributed by atoms with van der Waals surface area (Å²) in [4.78, 5) is 66.8. The molecule has 3 aromatic rings. The predicted octanol–water partition coefficient (Wildman–Crippen LogP) is 2.40. The van der Waals surface area contributed by atoms with Crippen molar-refractivity contribution in [2.75, 3.05) is 18.2 Å². The molecule has 14 nitrogen and oxygen atoms in total. The smallest absolute Gasteiger partial charge is 0.423 e. The largest absolute Gasteiger partial charge is 0.478 e. The van der Waals surface area contributed by atoms with Crippen LogP contribution in [-0.4, -0.2) is 68.9 Å². The van der Waals surface area contributed by atoms with Gasteiger partial charge in [0.1, 0.15) is 11.8 Å². The van der Waals surface area contributed by atoms with Crippen molar-refractivity contribution >= 4 is 46.9 Å². The van der Waals surface area contributed by atoms with Crippen molar-refractivity contribution in [2.24, 2.45) is 0 Å². The third kappa shape index (κ3) is 6.66. The Labute approximate surface area is 233 Å². The lowest BCUT2D eigenvalue weighted by atomic mass is 10.1. The number of carboxylic acids is 1. The number of hydrogen-bond acceptors (Lipinski definition) is 9. The average Bonchev–Trinajstić information content (AvgIpc) is 3.68. The molecule has 0 unspecified atom stereocenters. The molecule has 0 aliphatic heterocycles. The van der Waals surface area contributed by atoms with Gasteiger partial charge in [-0.25, -0.2) is 28.8 Å². The fourth-order valence-corrected chi connectivity index (χ4v) is 3.97. The van der Waals surface area contributed by atoms with Gasteiger partial charge in [-0.15, -0.1) is 0 Å². The minimum atomic E-state index is -1.35. The van der Waals surface area contributed by atoms with Crippen LogP contribution in [0.5, 0.6) is 0 Å². The van der Waals surface area contributed by atoms with E-state index < -0.39 is 24.8 Å². The predicted molar refractivity (Wildman–Crippen MR) is 144 cm³/mol. The number of carboxylic acid groups (broad SMARTS) is 1. The second-order valence-corrected chi connectivity index (χ2v) is 9.15. The molecule has 1 aliphatic carbocycles. The third-order valence-electron chi connectivity index (χ3n) is 6.15. The van der Waals surface area contributed by atoms with Crippen LogP contribution in [0, 0.1) is 13.8 Å². The lowest BCUT2D eigenvalue weighted by Gasteiger charge is -2.24. The minimum Gasteiger partial charge on any atom is -0.478 e. The maximum Gasteiger partial charge on any atom is 0.423 e. The van der Waals surface area contributed by atoms with E-state index in [-0.39, 0.29) is 34.9 Å². The summed E-state index contributed by atoms with van der Waals surface area (Å²) in [6, 6.07) is 4.85. The molecule has 1 aromatic carbocycles. The second kappa shape index (κ2) is 12.3. The molecule has 4 rings (SSSR count). The van der Waals surface area contributed by atoms with Crippen molar-refractivity contribution < 1.29 is 38.6 Å². The molecule has 1 aliphatic rings. The highest BCUT2D eigenvalue weighted by Gasteiger charge is 2.30. The number of aromatic nitrogens is 3. The molecule has 2 heterocycles. The van der Waals surface area contributed by atoms with Gasteiger partial charge in [0.2, 0.25) is 6.79 Å². The summed E-state index contributed by atoms with van der Waals surface area (Å²) >= 11 is 0. The molecule has 1 fully saturated rings. The number of benzene rings is 1. The summed E-state index contributed by atoms with van der Waals surface area (Å²) in [6.07, 6.45) is 4.76. The Bertz CT molecular complexity index is 1560. The first-order valence-corrected chi connectivity index (χ1v) is 12.7.